The van der Waals surface area contributed by atoms with E-state index in [1.165, 1.54) is 0 Å². The smallest absolute Gasteiger partial charge is 0.251 e. The fourth-order valence-electron chi connectivity index (χ4n) is 3.01. The average molecular weight is 402 g/mol. The highest BCUT2D eigenvalue weighted by atomic mass is 35.5. The molecule has 1 saturated heterocycles. The van der Waals surface area contributed by atoms with Crippen LogP contribution in [-0.2, 0) is 4.79 Å². The molecule has 146 valence electrons. The molecule has 1 aliphatic heterocycles. The Morgan fingerprint density at radius 2 is 1.92 bits per heavy atom. The van der Waals surface area contributed by atoms with Gasteiger partial charge in [-0.1, -0.05) is 32.4 Å². The van der Waals surface area contributed by atoms with Crippen molar-refractivity contribution >= 4 is 35.8 Å². The van der Waals surface area contributed by atoms with Gasteiger partial charge in [0.1, 0.15) is 6.04 Å². The summed E-state index contributed by atoms with van der Waals surface area (Å²) >= 11 is 5.86. The van der Waals surface area contributed by atoms with E-state index in [9.17, 15) is 9.59 Å². The number of nitrogens with one attached hydrogen (secondary N) is 3. The van der Waals surface area contributed by atoms with Gasteiger partial charge in [-0.05, 0) is 55.5 Å². The van der Waals surface area contributed by atoms with Crippen LogP contribution in [-0.4, -0.2) is 37.0 Å². The number of amides is 2. The van der Waals surface area contributed by atoms with E-state index in [-0.39, 0.29) is 30.3 Å². The number of rotatable bonds is 6. The highest BCUT2D eigenvalue weighted by Crippen LogP contribution is 2.14. The van der Waals surface area contributed by atoms with Gasteiger partial charge in [0.2, 0.25) is 5.91 Å². The molecule has 3 N–H and O–H groups in total. The normalized spacial score (nSPS) is 20.8. The van der Waals surface area contributed by atoms with Crippen LogP contribution in [0.5, 0.6) is 0 Å². The van der Waals surface area contributed by atoms with E-state index in [1.807, 2.05) is 13.8 Å². The molecule has 2 rings (SSSR count). The van der Waals surface area contributed by atoms with Gasteiger partial charge in [-0.15, -0.1) is 12.4 Å². The Morgan fingerprint density at radius 3 is 2.50 bits per heavy atom. The van der Waals surface area contributed by atoms with Gasteiger partial charge in [0.05, 0.1) is 0 Å². The van der Waals surface area contributed by atoms with Crippen LogP contribution in [0, 0.1) is 11.8 Å². The van der Waals surface area contributed by atoms with E-state index in [0.717, 1.165) is 19.5 Å². The zero-order valence-electron chi connectivity index (χ0n) is 15.5. The summed E-state index contributed by atoms with van der Waals surface area (Å²) < 4.78 is 0. The van der Waals surface area contributed by atoms with Gasteiger partial charge >= 0.3 is 0 Å². The molecule has 1 heterocycles. The molecule has 0 saturated carbocycles. The molecular formula is C19H29Cl2N3O2. The summed E-state index contributed by atoms with van der Waals surface area (Å²) in [6.07, 6.45) is 1.64. The highest BCUT2D eigenvalue weighted by molar-refractivity contribution is 6.30. The molecule has 0 aliphatic carbocycles. The van der Waals surface area contributed by atoms with Gasteiger partial charge in [-0.25, -0.2) is 0 Å². The van der Waals surface area contributed by atoms with Gasteiger partial charge in [0, 0.05) is 23.2 Å². The Kier molecular flexibility index (Phi) is 9.41. The van der Waals surface area contributed by atoms with E-state index in [1.54, 1.807) is 24.3 Å². The second-order valence-electron chi connectivity index (χ2n) is 7.25. The SMILES string of the molecule is CC(C)CC(NC(=O)c1ccc(Cl)cc1)C(=O)NC1CNCCC1C.Cl. The van der Waals surface area contributed by atoms with E-state index in [2.05, 4.69) is 22.9 Å². The molecule has 1 aromatic carbocycles. The Labute approximate surface area is 167 Å². The van der Waals surface area contributed by atoms with Crippen molar-refractivity contribution in [3.05, 3.63) is 34.9 Å². The number of carbonyl (C=O) groups excluding carboxylic acids is 2. The van der Waals surface area contributed by atoms with Crippen molar-refractivity contribution in [1.82, 2.24) is 16.0 Å². The summed E-state index contributed by atoms with van der Waals surface area (Å²) in [5.74, 6) is 0.351. The monoisotopic (exact) mass is 401 g/mol. The third-order valence-electron chi connectivity index (χ3n) is 4.59. The first-order valence-electron chi connectivity index (χ1n) is 8.94. The molecule has 3 unspecified atom stereocenters. The molecule has 0 aromatic heterocycles. The van der Waals surface area contributed by atoms with Crippen molar-refractivity contribution in [2.24, 2.45) is 11.8 Å². The molecule has 2 amide bonds. The summed E-state index contributed by atoms with van der Waals surface area (Å²) in [4.78, 5) is 25.2. The van der Waals surface area contributed by atoms with Gasteiger partial charge in [0.25, 0.3) is 5.91 Å². The van der Waals surface area contributed by atoms with Crippen LogP contribution in [0.3, 0.4) is 0 Å². The largest absolute Gasteiger partial charge is 0.350 e. The lowest BCUT2D eigenvalue weighted by Gasteiger charge is -2.32. The molecule has 0 radical (unpaired) electrons. The Bertz CT molecular complexity index is 593. The van der Waals surface area contributed by atoms with E-state index in [4.69, 9.17) is 11.6 Å². The van der Waals surface area contributed by atoms with Crippen molar-refractivity contribution in [2.75, 3.05) is 13.1 Å². The lowest BCUT2D eigenvalue weighted by Crippen LogP contribution is -2.55. The first-order valence-corrected chi connectivity index (χ1v) is 9.32. The second-order valence-corrected chi connectivity index (χ2v) is 7.68. The maximum Gasteiger partial charge on any atom is 0.251 e. The van der Waals surface area contributed by atoms with Crippen LogP contribution >= 0.6 is 24.0 Å². The molecule has 0 bridgehead atoms. The van der Waals surface area contributed by atoms with E-state index in [0.29, 0.717) is 28.8 Å². The minimum absolute atomic E-state index is 0. The fraction of sp³-hybridized carbons (Fsp3) is 0.579. The summed E-state index contributed by atoms with van der Waals surface area (Å²) in [5.41, 5.74) is 0.499. The van der Waals surface area contributed by atoms with Crippen LogP contribution in [0.1, 0.15) is 44.0 Å². The first kappa shape index (κ1) is 22.7. The van der Waals surface area contributed by atoms with Crippen molar-refractivity contribution in [2.45, 2.75) is 45.7 Å². The summed E-state index contributed by atoms with van der Waals surface area (Å²) in [5, 5.41) is 9.86. The zero-order valence-corrected chi connectivity index (χ0v) is 17.1. The van der Waals surface area contributed by atoms with Crippen LogP contribution < -0.4 is 16.0 Å². The zero-order chi connectivity index (χ0) is 18.4. The maximum absolute atomic E-state index is 12.7. The summed E-state index contributed by atoms with van der Waals surface area (Å²) in [7, 11) is 0. The Hall–Kier alpha value is -1.30. The van der Waals surface area contributed by atoms with Crippen molar-refractivity contribution in [1.29, 1.82) is 0 Å². The predicted molar refractivity (Wildman–Crippen MR) is 108 cm³/mol. The second kappa shape index (κ2) is 10.8. The van der Waals surface area contributed by atoms with Gasteiger partial charge < -0.3 is 16.0 Å². The number of halogens is 2. The van der Waals surface area contributed by atoms with Crippen LogP contribution in [0.4, 0.5) is 0 Å². The molecule has 7 heteroatoms. The van der Waals surface area contributed by atoms with Crippen molar-refractivity contribution < 1.29 is 9.59 Å². The molecule has 5 nitrogen and oxygen atoms in total. The minimum Gasteiger partial charge on any atom is -0.350 e. The third kappa shape index (κ3) is 6.78. The third-order valence-corrected chi connectivity index (χ3v) is 4.84. The Balaban J connectivity index is 0.00000338. The molecule has 3 atom stereocenters. The number of hydrogen-bond acceptors (Lipinski definition) is 3. The van der Waals surface area contributed by atoms with Crippen LogP contribution in [0.25, 0.3) is 0 Å². The predicted octanol–water partition coefficient (Wildman–Crippen LogP) is 3.02. The van der Waals surface area contributed by atoms with Crippen molar-refractivity contribution in [3.8, 4) is 0 Å². The number of benzene rings is 1. The maximum atomic E-state index is 12.7. The molecular weight excluding hydrogens is 373 g/mol. The molecule has 26 heavy (non-hydrogen) atoms. The van der Waals surface area contributed by atoms with Gasteiger partial charge in [-0.2, -0.15) is 0 Å². The molecule has 1 aromatic rings. The van der Waals surface area contributed by atoms with Crippen LogP contribution in [0.15, 0.2) is 24.3 Å². The fourth-order valence-corrected chi connectivity index (χ4v) is 3.14. The molecule has 1 aliphatic rings. The van der Waals surface area contributed by atoms with Gasteiger partial charge in [0.15, 0.2) is 0 Å². The summed E-state index contributed by atoms with van der Waals surface area (Å²) in [6.45, 7) is 7.98. The van der Waals surface area contributed by atoms with Gasteiger partial charge in [-0.3, -0.25) is 9.59 Å². The quantitative estimate of drug-likeness (QED) is 0.685. The average Bonchev–Trinajstić information content (AvgIpc) is 2.56. The molecule has 0 spiro atoms. The number of hydrogen-bond donors (Lipinski definition) is 3. The first-order chi connectivity index (χ1) is 11.9. The lowest BCUT2D eigenvalue weighted by molar-refractivity contribution is -0.124. The van der Waals surface area contributed by atoms with Crippen LogP contribution in [0.2, 0.25) is 5.02 Å². The topological polar surface area (TPSA) is 70.2 Å². The summed E-state index contributed by atoms with van der Waals surface area (Å²) in [6, 6.07) is 6.22. The lowest BCUT2D eigenvalue weighted by atomic mass is 9.94. The number of piperidine rings is 1. The van der Waals surface area contributed by atoms with Crippen molar-refractivity contribution in [3.63, 3.8) is 0 Å². The highest BCUT2D eigenvalue weighted by Gasteiger charge is 2.28. The molecule has 1 fully saturated rings. The van der Waals surface area contributed by atoms with E-state index < -0.39 is 6.04 Å². The number of carbonyl (C=O) groups is 2. The van der Waals surface area contributed by atoms with E-state index >= 15 is 0 Å². The Morgan fingerprint density at radius 1 is 1.27 bits per heavy atom. The standard InChI is InChI=1S/C19H28ClN3O2.ClH/c1-12(2)10-16(19(25)23-17-11-21-9-8-13(17)3)22-18(24)14-4-6-15(20)7-5-14;/h4-7,12-13,16-17,21H,8-11H2,1-3H3,(H,22,24)(H,23,25);1H. The minimum atomic E-state index is -0.544.